The zero-order valence-corrected chi connectivity index (χ0v) is 11.6. The highest BCUT2D eigenvalue weighted by Gasteiger charge is 2.25. The van der Waals surface area contributed by atoms with Gasteiger partial charge in [0.05, 0.1) is 18.8 Å². The summed E-state index contributed by atoms with van der Waals surface area (Å²) in [5.41, 5.74) is 2.24. The zero-order valence-electron chi connectivity index (χ0n) is 11.6. The van der Waals surface area contributed by atoms with Crippen molar-refractivity contribution in [3.8, 4) is 6.07 Å². The number of ether oxygens (including phenoxy) is 1. The van der Waals surface area contributed by atoms with Crippen LogP contribution in [-0.4, -0.2) is 19.1 Å². The molecular weight excluding hydrogens is 268 g/mol. The standard InChI is InChI=1S/C16H14N2O3/c1-11-14(8-13(9-17)21-11)16(19)18-6-7-20-10-12-4-2-3-5-15(12)18/h2-5,8H,6-7,10H2,1H3. The Balaban J connectivity index is 2.01. The second-order valence-electron chi connectivity index (χ2n) is 4.83. The van der Waals surface area contributed by atoms with Crippen LogP contribution in [-0.2, 0) is 11.3 Å². The molecule has 21 heavy (non-hydrogen) atoms. The number of carbonyl (C=O) groups excluding carboxylic acids is 1. The van der Waals surface area contributed by atoms with Gasteiger partial charge in [0.15, 0.2) is 0 Å². The van der Waals surface area contributed by atoms with Crippen molar-refractivity contribution < 1.29 is 13.9 Å². The normalized spacial score (nSPS) is 14.2. The zero-order chi connectivity index (χ0) is 14.8. The summed E-state index contributed by atoms with van der Waals surface area (Å²) in [6.45, 7) is 3.13. The topological polar surface area (TPSA) is 66.5 Å². The third kappa shape index (κ3) is 2.41. The lowest BCUT2D eigenvalue weighted by molar-refractivity contribution is 0.0964. The highest BCUT2D eigenvalue weighted by molar-refractivity contribution is 6.07. The largest absolute Gasteiger partial charge is 0.450 e. The monoisotopic (exact) mass is 282 g/mol. The van der Waals surface area contributed by atoms with Gasteiger partial charge in [-0.3, -0.25) is 4.79 Å². The van der Waals surface area contributed by atoms with Gasteiger partial charge in [-0.2, -0.15) is 5.26 Å². The van der Waals surface area contributed by atoms with Crippen molar-refractivity contribution in [3.05, 3.63) is 53.0 Å². The van der Waals surface area contributed by atoms with Crippen LogP contribution in [0.4, 0.5) is 5.69 Å². The first kappa shape index (κ1) is 13.4. The molecule has 1 aliphatic heterocycles. The summed E-state index contributed by atoms with van der Waals surface area (Å²) in [5, 5.41) is 8.88. The smallest absolute Gasteiger partial charge is 0.261 e. The van der Waals surface area contributed by atoms with E-state index in [2.05, 4.69) is 0 Å². The Morgan fingerprint density at radius 3 is 2.95 bits per heavy atom. The number of rotatable bonds is 1. The van der Waals surface area contributed by atoms with Gasteiger partial charge in [-0.1, -0.05) is 18.2 Å². The number of furan rings is 1. The Morgan fingerprint density at radius 1 is 1.38 bits per heavy atom. The Bertz CT molecular complexity index is 727. The van der Waals surface area contributed by atoms with Crippen LogP contribution in [0.15, 0.2) is 34.7 Å². The first-order valence-corrected chi connectivity index (χ1v) is 6.69. The van der Waals surface area contributed by atoms with E-state index in [1.54, 1.807) is 11.8 Å². The van der Waals surface area contributed by atoms with Crippen LogP contribution in [0.25, 0.3) is 0 Å². The van der Waals surface area contributed by atoms with E-state index >= 15 is 0 Å². The number of nitriles is 1. The van der Waals surface area contributed by atoms with E-state index in [9.17, 15) is 4.79 Å². The average Bonchev–Trinajstić information content (AvgIpc) is 2.75. The molecule has 0 saturated heterocycles. The van der Waals surface area contributed by atoms with E-state index in [0.717, 1.165) is 11.3 Å². The summed E-state index contributed by atoms with van der Waals surface area (Å²) in [6.07, 6.45) is 0. The summed E-state index contributed by atoms with van der Waals surface area (Å²) in [6, 6.07) is 11.1. The number of nitrogens with zero attached hydrogens (tertiary/aromatic N) is 2. The molecule has 2 heterocycles. The van der Waals surface area contributed by atoms with Gasteiger partial charge in [-0.25, -0.2) is 0 Å². The molecule has 5 nitrogen and oxygen atoms in total. The van der Waals surface area contributed by atoms with Crippen LogP contribution < -0.4 is 4.90 Å². The quantitative estimate of drug-likeness (QED) is 0.806. The Morgan fingerprint density at radius 2 is 2.19 bits per heavy atom. The predicted octanol–water partition coefficient (Wildman–Crippen LogP) is 2.64. The Kier molecular flexibility index (Phi) is 3.46. The van der Waals surface area contributed by atoms with Gasteiger partial charge in [0.25, 0.3) is 5.91 Å². The van der Waals surface area contributed by atoms with E-state index < -0.39 is 0 Å². The molecule has 2 aromatic rings. The molecule has 0 spiro atoms. The van der Waals surface area contributed by atoms with Crippen molar-refractivity contribution in [3.63, 3.8) is 0 Å². The first-order valence-electron chi connectivity index (χ1n) is 6.69. The van der Waals surface area contributed by atoms with E-state index in [4.69, 9.17) is 14.4 Å². The molecule has 106 valence electrons. The SMILES string of the molecule is Cc1oc(C#N)cc1C(=O)N1CCOCc2ccccc21. The van der Waals surface area contributed by atoms with Gasteiger partial charge in [0.2, 0.25) is 5.76 Å². The highest BCUT2D eigenvalue weighted by atomic mass is 16.5. The second kappa shape index (κ2) is 5.43. The van der Waals surface area contributed by atoms with E-state index in [1.807, 2.05) is 30.3 Å². The van der Waals surface area contributed by atoms with Gasteiger partial charge in [-0.05, 0) is 13.0 Å². The van der Waals surface area contributed by atoms with Gasteiger partial charge in [-0.15, -0.1) is 0 Å². The lowest BCUT2D eigenvalue weighted by Gasteiger charge is -2.21. The third-order valence-corrected chi connectivity index (χ3v) is 3.50. The van der Waals surface area contributed by atoms with Crippen LogP contribution in [0, 0.1) is 18.3 Å². The molecule has 0 N–H and O–H groups in total. The lowest BCUT2D eigenvalue weighted by Crippen LogP contribution is -2.33. The van der Waals surface area contributed by atoms with E-state index in [0.29, 0.717) is 31.1 Å². The van der Waals surface area contributed by atoms with Crippen molar-refractivity contribution in [2.45, 2.75) is 13.5 Å². The maximum Gasteiger partial charge on any atom is 0.261 e. The predicted molar refractivity (Wildman–Crippen MR) is 75.9 cm³/mol. The summed E-state index contributed by atoms with van der Waals surface area (Å²) in [4.78, 5) is 14.4. The molecule has 0 unspecified atom stereocenters. The summed E-state index contributed by atoms with van der Waals surface area (Å²) >= 11 is 0. The van der Waals surface area contributed by atoms with Crippen molar-refractivity contribution in [1.82, 2.24) is 0 Å². The van der Waals surface area contributed by atoms with Crippen molar-refractivity contribution >= 4 is 11.6 Å². The number of carbonyl (C=O) groups is 1. The van der Waals surface area contributed by atoms with E-state index in [1.165, 1.54) is 6.07 Å². The molecule has 1 amide bonds. The number of benzene rings is 1. The Hall–Kier alpha value is -2.58. The van der Waals surface area contributed by atoms with Crippen LogP contribution in [0.2, 0.25) is 0 Å². The first-order chi connectivity index (χ1) is 10.2. The second-order valence-corrected chi connectivity index (χ2v) is 4.83. The summed E-state index contributed by atoms with van der Waals surface area (Å²) in [7, 11) is 0. The fraction of sp³-hybridized carbons (Fsp3) is 0.250. The summed E-state index contributed by atoms with van der Waals surface area (Å²) < 4.78 is 10.8. The van der Waals surface area contributed by atoms with E-state index in [-0.39, 0.29) is 11.7 Å². The van der Waals surface area contributed by atoms with Crippen molar-refractivity contribution in [2.75, 3.05) is 18.1 Å². The van der Waals surface area contributed by atoms with Crippen LogP contribution in [0.1, 0.15) is 27.4 Å². The number of hydrogen-bond acceptors (Lipinski definition) is 4. The minimum Gasteiger partial charge on any atom is -0.450 e. The molecule has 0 saturated carbocycles. The average molecular weight is 282 g/mol. The maximum atomic E-state index is 12.8. The molecule has 5 heteroatoms. The van der Waals surface area contributed by atoms with Gasteiger partial charge in [0.1, 0.15) is 11.8 Å². The van der Waals surface area contributed by atoms with Gasteiger partial charge in [0, 0.05) is 23.9 Å². The number of aryl methyl sites for hydroxylation is 1. The molecule has 0 bridgehead atoms. The highest BCUT2D eigenvalue weighted by Crippen LogP contribution is 2.26. The minimum absolute atomic E-state index is 0.148. The third-order valence-electron chi connectivity index (χ3n) is 3.50. The van der Waals surface area contributed by atoms with Crippen LogP contribution in [0.3, 0.4) is 0 Å². The molecule has 0 fully saturated rings. The molecule has 1 aromatic carbocycles. The molecular formula is C16H14N2O3. The number of anilines is 1. The molecule has 0 atom stereocenters. The van der Waals surface area contributed by atoms with Gasteiger partial charge < -0.3 is 14.1 Å². The number of fused-ring (bicyclic) bond motifs is 1. The Labute approximate surface area is 122 Å². The van der Waals surface area contributed by atoms with Crippen LogP contribution >= 0.6 is 0 Å². The number of para-hydroxylation sites is 1. The number of amides is 1. The molecule has 3 rings (SSSR count). The maximum absolute atomic E-state index is 12.8. The van der Waals surface area contributed by atoms with Crippen LogP contribution in [0.5, 0.6) is 0 Å². The molecule has 1 aromatic heterocycles. The van der Waals surface area contributed by atoms with Crippen molar-refractivity contribution in [2.24, 2.45) is 0 Å². The lowest BCUT2D eigenvalue weighted by atomic mass is 10.1. The van der Waals surface area contributed by atoms with Gasteiger partial charge >= 0.3 is 0 Å². The number of hydrogen-bond donors (Lipinski definition) is 0. The molecule has 0 aliphatic carbocycles. The molecule has 0 radical (unpaired) electrons. The van der Waals surface area contributed by atoms with Crippen molar-refractivity contribution in [1.29, 1.82) is 5.26 Å². The minimum atomic E-state index is -0.171. The fourth-order valence-electron chi connectivity index (χ4n) is 2.46. The summed E-state index contributed by atoms with van der Waals surface area (Å²) in [5.74, 6) is 0.435. The molecule has 1 aliphatic rings. The fourth-order valence-corrected chi connectivity index (χ4v) is 2.46.